The highest BCUT2D eigenvalue weighted by molar-refractivity contribution is 7.92. The molecule has 0 radical (unpaired) electrons. The molecule has 0 fully saturated rings. The summed E-state index contributed by atoms with van der Waals surface area (Å²) in [5, 5.41) is 2.83. The van der Waals surface area contributed by atoms with Gasteiger partial charge in [0, 0.05) is 19.2 Å². The number of hydrogen-bond donors (Lipinski definition) is 1. The highest BCUT2D eigenvalue weighted by Crippen LogP contribution is 2.44. The quantitative estimate of drug-likeness (QED) is 0.651. The van der Waals surface area contributed by atoms with E-state index in [0.717, 1.165) is 18.2 Å². The monoisotopic (exact) mass is 447 g/mol. The summed E-state index contributed by atoms with van der Waals surface area (Å²) in [5.41, 5.74) is 1.34. The summed E-state index contributed by atoms with van der Waals surface area (Å²) in [6.45, 7) is 2.32. The number of nitrogens with zero attached hydrogens (tertiary/aromatic N) is 2. The molecule has 1 aromatic carbocycles. The molecule has 1 unspecified atom stereocenters. The molecule has 3 heterocycles. The minimum atomic E-state index is -3.55. The molecule has 0 bridgehead atoms. The summed E-state index contributed by atoms with van der Waals surface area (Å²) in [6.07, 6.45) is 1.91. The maximum Gasteiger partial charge on any atom is 0.412 e. The molecule has 2 aromatic heterocycles. The third kappa shape index (κ3) is 3.95. The summed E-state index contributed by atoms with van der Waals surface area (Å²) in [5.74, 6) is 0.265. The van der Waals surface area contributed by atoms with Crippen molar-refractivity contribution in [1.29, 1.82) is 0 Å². The number of pyridine rings is 1. The van der Waals surface area contributed by atoms with Crippen molar-refractivity contribution >= 4 is 33.0 Å². The van der Waals surface area contributed by atoms with E-state index in [1.54, 1.807) is 6.07 Å². The molecule has 0 aliphatic carbocycles. The molecule has 0 saturated heterocycles. The Hall–Kier alpha value is -3.14. The van der Waals surface area contributed by atoms with Gasteiger partial charge in [-0.25, -0.2) is 17.6 Å². The number of fused-ring (bicyclic) bond motifs is 2. The lowest BCUT2D eigenvalue weighted by atomic mass is 9.97. The van der Waals surface area contributed by atoms with Gasteiger partial charge in [-0.05, 0) is 54.7 Å². The van der Waals surface area contributed by atoms with E-state index in [1.807, 2.05) is 6.92 Å². The van der Waals surface area contributed by atoms with Crippen molar-refractivity contribution < 1.29 is 26.8 Å². The Morgan fingerprint density at radius 2 is 2.03 bits per heavy atom. The molecular weight excluding hydrogens is 425 g/mol. The van der Waals surface area contributed by atoms with Gasteiger partial charge in [-0.1, -0.05) is 6.92 Å². The van der Waals surface area contributed by atoms with Gasteiger partial charge in [0.25, 0.3) is 0 Å². The van der Waals surface area contributed by atoms with Gasteiger partial charge < -0.3 is 14.5 Å². The molecule has 164 valence electrons. The molecule has 1 aliphatic rings. The number of ether oxygens (including phenoxy) is 1. The summed E-state index contributed by atoms with van der Waals surface area (Å²) in [6, 6.07) is 7.30. The van der Waals surface area contributed by atoms with Crippen LogP contribution in [0, 0.1) is 5.82 Å². The minimum Gasteiger partial charge on any atom is -0.434 e. The SMILES string of the molecule is CNC(=O)Oc1c(-c2ccc(F)cc2)oc2nc3c(cc12)C(C)CCCN3S(C)(=O)=O. The lowest BCUT2D eigenvalue weighted by Crippen LogP contribution is -2.31. The van der Waals surface area contributed by atoms with Crippen LogP contribution < -0.4 is 14.4 Å². The number of sulfonamides is 1. The van der Waals surface area contributed by atoms with Crippen molar-refractivity contribution in [2.24, 2.45) is 0 Å². The maximum absolute atomic E-state index is 13.4. The Morgan fingerprint density at radius 3 is 2.68 bits per heavy atom. The largest absolute Gasteiger partial charge is 0.434 e. The van der Waals surface area contributed by atoms with Crippen LogP contribution >= 0.6 is 0 Å². The first-order chi connectivity index (χ1) is 14.7. The van der Waals surface area contributed by atoms with Crippen LogP contribution in [0.25, 0.3) is 22.4 Å². The summed E-state index contributed by atoms with van der Waals surface area (Å²) < 4.78 is 50.9. The van der Waals surface area contributed by atoms with Gasteiger partial charge >= 0.3 is 6.09 Å². The van der Waals surface area contributed by atoms with Crippen LogP contribution in [0.5, 0.6) is 5.75 Å². The molecule has 1 amide bonds. The van der Waals surface area contributed by atoms with Crippen molar-refractivity contribution in [3.63, 3.8) is 0 Å². The molecule has 4 rings (SSSR count). The lowest BCUT2D eigenvalue weighted by Gasteiger charge is -2.21. The standard InChI is InChI=1S/C21H22FN3O5S/c1-12-5-4-10-25(31(3,27)28)19-15(12)11-16-18(30-21(26)23-2)17(29-20(16)24-19)13-6-8-14(22)9-7-13/h6-9,11-12H,4-5,10H2,1-3H3,(H,23,26). The van der Waals surface area contributed by atoms with Crippen molar-refractivity contribution in [1.82, 2.24) is 10.3 Å². The van der Waals surface area contributed by atoms with Crippen LogP contribution in [-0.2, 0) is 10.0 Å². The molecule has 1 atom stereocenters. The Morgan fingerprint density at radius 1 is 1.32 bits per heavy atom. The van der Waals surface area contributed by atoms with Crippen LogP contribution in [-0.4, -0.2) is 39.3 Å². The molecule has 10 heteroatoms. The average molecular weight is 447 g/mol. The minimum absolute atomic E-state index is 0.0377. The van der Waals surface area contributed by atoms with Gasteiger partial charge in [0.1, 0.15) is 11.6 Å². The molecular formula is C21H22FN3O5S. The highest BCUT2D eigenvalue weighted by Gasteiger charge is 2.30. The maximum atomic E-state index is 13.4. The molecule has 0 saturated carbocycles. The molecule has 0 spiro atoms. The number of anilines is 1. The number of halogens is 1. The zero-order valence-electron chi connectivity index (χ0n) is 17.3. The number of nitrogens with one attached hydrogen (secondary N) is 1. The predicted octanol–water partition coefficient (Wildman–Crippen LogP) is 4.02. The van der Waals surface area contributed by atoms with E-state index in [0.29, 0.717) is 29.7 Å². The van der Waals surface area contributed by atoms with E-state index in [-0.39, 0.29) is 23.1 Å². The van der Waals surface area contributed by atoms with Gasteiger partial charge in [-0.2, -0.15) is 4.98 Å². The number of rotatable bonds is 3. The van der Waals surface area contributed by atoms with E-state index in [9.17, 15) is 17.6 Å². The fourth-order valence-electron chi connectivity index (χ4n) is 3.73. The molecule has 1 aliphatic heterocycles. The van der Waals surface area contributed by atoms with Crippen LogP contribution in [0.4, 0.5) is 15.0 Å². The number of hydrogen-bond acceptors (Lipinski definition) is 6. The zero-order valence-corrected chi connectivity index (χ0v) is 18.1. The average Bonchev–Trinajstić information content (AvgIpc) is 2.97. The van der Waals surface area contributed by atoms with Crippen LogP contribution in [0.2, 0.25) is 0 Å². The van der Waals surface area contributed by atoms with Gasteiger partial charge in [0.05, 0.1) is 11.6 Å². The first kappa shape index (κ1) is 21.1. The van der Waals surface area contributed by atoms with Gasteiger partial charge in [-0.3, -0.25) is 4.31 Å². The first-order valence-corrected chi connectivity index (χ1v) is 11.6. The fourth-order valence-corrected chi connectivity index (χ4v) is 4.65. The molecule has 8 nitrogen and oxygen atoms in total. The van der Waals surface area contributed by atoms with Crippen molar-refractivity contribution in [3.05, 3.63) is 41.7 Å². The Balaban J connectivity index is 1.99. The van der Waals surface area contributed by atoms with E-state index >= 15 is 0 Å². The second kappa shape index (κ2) is 7.84. The van der Waals surface area contributed by atoms with Gasteiger partial charge in [0.2, 0.25) is 15.7 Å². The Kier molecular flexibility index (Phi) is 5.34. The van der Waals surface area contributed by atoms with E-state index in [4.69, 9.17) is 9.15 Å². The third-order valence-corrected chi connectivity index (χ3v) is 6.47. The fraction of sp³-hybridized carbons (Fsp3) is 0.333. The Labute approximate surface area is 179 Å². The lowest BCUT2D eigenvalue weighted by molar-refractivity contribution is 0.203. The topological polar surface area (TPSA) is 102 Å². The van der Waals surface area contributed by atoms with E-state index < -0.39 is 21.9 Å². The first-order valence-electron chi connectivity index (χ1n) is 9.79. The van der Waals surface area contributed by atoms with Crippen LogP contribution in [0.1, 0.15) is 31.2 Å². The molecule has 3 aromatic rings. The second-order valence-electron chi connectivity index (χ2n) is 7.54. The third-order valence-electron chi connectivity index (χ3n) is 5.32. The normalized spacial score (nSPS) is 16.6. The summed E-state index contributed by atoms with van der Waals surface area (Å²) in [4.78, 5) is 16.5. The van der Waals surface area contributed by atoms with E-state index in [2.05, 4.69) is 10.3 Å². The number of carbonyl (C=O) groups excluding carboxylic acids is 1. The summed E-state index contributed by atoms with van der Waals surface area (Å²) in [7, 11) is -2.12. The number of benzene rings is 1. The van der Waals surface area contributed by atoms with Crippen molar-refractivity contribution in [2.45, 2.75) is 25.7 Å². The number of furan rings is 1. The highest BCUT2D eigenvalue weighted by atomic mass is 32.2. The number of amides is 1. The smallest absolute Gasteiger partial charge is 0.412 e. The summed E-state index contributed by atoms with van der Waals surface area (Å²) >= 11 is 0. The van der Waals surface area contributed by atoms with Crippen LogP contribution in [0.15, 0.2) is 34.7 Å². The predicted molar refractivity (Wildman–Crippen MR) is 114 cm³/mol. The second-order valence-corrected chi connectivity index (χ2v) is 9.45. The number of aromatic nitrogens is 1. The van der Waals surface area contributed by atoms with Crippen molar-refractivity contribution in [2.75, 3.05) is 24.2 Å². The number of carbonyl (C=O) groups is 1. The van der Waals surface area contributed by atoms with E-state index in [1.165, 1.54) is 35.6 Å². The zero-order chi connectivity index (χ0) is 22.3. The van der Waals surface area contributed by atoms with Crippen molar-refractivity contribution in [3.8, 4) is 17.1 Å². The van der Waals surface area contributed by atoms with Gasteiger partial charge in [-0.15, -0.1) is 0 Å². The van der Waals surface area contributed by atoms with Gasteiger partial charge in [0.15, 0.2) is 11.5 Å². The molecule has 1 N–H and O–H groups in total. The van der Waals surface area contributed by atoms with Crippen LogP contribution in [0.3, 0.4) is 0 Å². The Bertz CT molecular complexity index is 1250. The molecule has 31 heavy (non-hydrogen) atoms.